The Bertz CT molecular complexity index is 1310. The minimum Gasteiger partial charge on any atom is -0.494 e. The smallest absolute Gasteiger partial charge is 0.261 e. The van der Waals surface area contributed by atoms with Crippen LogP contribution in [0.2, 0.25) is 0 Å². The minimum absolute atomic E-state index is 0.150. The summed E-state index contributed by atoms with van der Waals surface area (Å²) in [5, 5.41) is 3.67. The molecule has 1 heterocycles. The lowest BCUT2D eigenvalue weighted by Crippen LogP contribution is -2.29. The third kappa shape index (κ3) is 4.27. The molecule has 2 aliphatic rings. The quantitative estimate of drug-likeness (QED) is 0.362. The highest BCUT2D eigenvalue weighted by atomic mass is 79.9. The van der Waals surface area contributed by atoms with Crippen molar-refractivity contribution in [3.8, 4) is 5.75 Å². The molecule has 5 rings (SSSR count). The van der Waals surface area contributed by atoms with Gasteiger partial charge in [0.15, 0.2) is 0 Å². The first-order valence-electron chi connectivity index (χ1n) is 11.0. The second-order valence-corrected chi connectivity index (χ2v) is 10.8. The Balaban J connectivity index is 1.44. The first-order chi connectivity index (χ1) is 16.0. The van der Waals surface area contributed by atoms with Crippen molar-refractivity contribution in [2.75, 3.05) is 16.6 Å². The maximum absolute atomic E-state index is 13.1. The highest BCUT2D eigenvalue weighted by Crippen LogP contribution is 2.51. The molecule has 0 aromatic heterocycles. The number of rotatable bonds is 6. The number of ether oxygens (including phenoxy) is 1. The lowest BCUT2D eigenvalue weighted by Gasteiger charge is -2.38. The number of nitrogens with one attached hydrogen (secondary N) is 2. The van der Waals surface area contributed by atoms with E-state index in [-0.39, 0.29) is 16.9 Å². The van der Waals surface area contributed by atoms with Crippen LogP contribution in [0, 0.1) is 5.92 Å². The van der Waals surface area contributed by atoms with Crippen molar-refractivity contribution in [2.24, 2.45) is 5.92 Å². The van der Waals surface area contributed by atoms with Crippen LogP contribution in [0.15, 0.2) is 88.3 Å². The first kappa shape index (κ1) is 22.0. The van der Waals surface area contributed by atoms with Crippen LogP contribution in [0.5, 0.6) is 5.75 Å². The van der Waals surface area contributed by atoms with Gasteiger partial charge in [-0.2, -0.15) is 0 Å². The number of fused-ring (bicyclic) bond motifs is 3. The molecule has 3 aromatic rings. The van der Waals surface area contributed by atoms with Crippen LogP contribution in [0.3, 0.4) is 0 Å². The van der Waals surface area contributed by atoms with Crippen LogP contribution in [0.25, 0.3) is 0 Å². The van der Waals surface area contributed by atoms with Gasteiger partial charge in [-0.05, 0) is 78.9 Å². The number of anilines is 2. The normalized spacial score (nSPS) is 21.1. The fourth-order valence-corrected chi connectivity index (χ4v) is 6.40. The summed E-state index contributed by atoms with van der Waals surface area (Å²) in [5.41, 5.74) is 3.72. The molecule has 0 spiro atoms. The molecular weight excluding hydrogens is 500 g/mol. The monoisotopic (exact) mass is 524 g/mol. The van der Waals surface area contributed by atoms with E-state index in [0.29, 0.717) is 24.0 Å². The third-order valence-corrected chi connectivity index (χ3v) is 8.40. The van der Waals surface area contributed by atoms with Crippen molar-refractivity contribution in [3.05, 3.63) is 94.5 Å². The summed E-state index contributed by atoms with van der Waals surface area (Å²) in [6.45, 7) is 2.47. The molecule has 0 saturated carbocycles. The molecule has 0 amide bonds. The summed E-state index contributed by atoms with van der Waals surface area (Å²) < 4.78 is 35.5. The highest BCUT2D eigenvalue weighted by Gasteiger charge is 2.39. The Morgan fingerprint density at radius 2 is 1.85 bits per heavy atom. The molecular formula is C26H25BrN2O3S. The van der Waals surface area contributed by atoms with Crippen molar-refractivity contribution < 1.29 is 13.2 Å². The predicted molar refractivity (Wildman–Crippen MR) is 135 cm³/mol. The van der Waals surface area contributed by atoms with E-state index < -0.39 is 10.0 Å². The Morgan fingerprint density at radius 1 is 1.06 bits per heavy atom. The van der Waals surface area contributed by atoms with Crippen molar-refractivity contribution in [1.29, 1.82) is 0 Å². The Morgan fingerprint density at radius 3 is 2.61 bits per heavy atom. The zero-order valence-electron chi connectivity index (χ0n) is 18.2. The van der Waals surface area contributed by atoms with E-state index in [2.05, 4.69) is 56.3 Å². The maximum atomic E-state index is 13.1. The second kappa shape index (κ2) is 8.88. The Labute approximate surface area is 203 Å². The van der Waals surface area contributed by atoms with Gasteiger partial charge in [-0.15, -0.1) is 0 Å². The first-order valence-corrected chi connectivity index (χ1v) is 13.3. The van der Waals surface area contributed by atoms with Crippen LogP contribution in [0.4, 0.5) is 11.4 Å². The standard InChI is InChI=1S/C26H25BrN2O3S/c1-2-32-18-12-10-17(11-13-18)29-33(30,31)19-14-15-25-23(16-19)20-7-5-8-21(20)26(28-25)22-6-3-4-9-24(22)27/h3-7,9-16,20-21,26,28-29H,2,8H2,1H3/t20-,21+,26-/m0/s1. The molecule has 2 N–H and O–H groups in total. The van der Waals surface area contributed by atoms with Gasteiger partial charge < -0.3 is 10.1 Å². The number of benzene rings is 3. The molecule has 3 atom stereocenters. The zero-order chi connectivity index (χ0) is 23.0. The summed E-state index contributed by atoms with van der Waals surface area (Å²) in [7, 11) is -3.72. The average Bonchev–Trinajstić information content (AvgIpc) is 3.30. The van der Waals surface area contributed by atoms with Crippen molar-refractivity contribution in [1.82, 2.24) is 0 Å². The van der Waals surface area contributed by atoms with E-state index >= 15 is 0 Å². The van der Waals surface area contributed by atoms with Gasteiger partial charge in [0.2, 0.25) is 0 Å². The molecule has 7 heteroatoms. The van der Waals surface area contributed by atoms with Crippen LogP contribution in [0.1, 0.15) is 36.4 Å². The summed E-state index contributed by atoms with van der Waals surface area (Å²) in [6, 6.07) is 20.7. The van der Waals surface area contributed by atoms with Crippen molar-refractivity contribution in [3.63, 3.8) is 0 Å². The van der Waals surface area contributed by atoms with Gasteiger partial charge in [-0.1, -0.05) is 46.3 Å². The molecule has 0 fully saturated rings. The second-order valence-electron chi connectivity index (χ2n) is 8.31. The number of sulfonamides is 1. The predicted octanol–water partition coefficient (Wildman–Crippen LogP) is 6.48. The van der Waals surface area contributed by atoms with Gasteiger partial charge in [0.1, 0.15) is 5.75 Å². The van der Waals surface area contributed by atoms with Crippen molar-refractivity contribution in [2.45, 2.75) is 30.2 Å². The fraction of sp³-hybridized carbons (Fsp3) is 0.231. The zero-order valence-corrected chi connectivity index (χ0v) is 20.6. The molecule has 5 nitrogen and oxygen atoms in total. The molecule has 0 saturated heterocycles. The summed E-state index contributed by atoms with van der Waals surface area (Å²) in [5.74, 6) is 1.20. The summed E-state index contributed by atoms with van der Waals surface area (Å²) in [6.07, 6.45) is 5.37. The summed E-state index contributed by atoms with van der Waals surface area (Å²) in [4.78, 5) is 0.260. The van der Waals surface area contributed by atoms with E-state index in [1.54, 1.807) is 30.3 Å². The van der Waals surface area contributed by atoms with Gasteiger partial charge in [0, 0.05) is 21.8 Å². The molecule has 170 valence electrons. The van der Waals surface area contributed by atoms with Gasteiger partial charge >= 0.3 is 0 Å². The Kier molecular flexibility index (Phi) is 5.93. The number of hydrogen-bond donors (Lipinski definition) is 2. The largest absolute Gasteiger partial charge is 0.494 e. The Hall–Kier alpha value is -2.77. The molecule has 1 aliphatic carbocycles. The number of allylic oxidation sites excluding steroid dienone is 2. The molecule has 0 bridgehead atoms. The maximum Gasteiger partial charge on any atom is 0.261 e. The van der Waals surface area contributed by atoms with E-state index in [1.165, 1.54) is 5.56 Å². The molecule has 1 aliphatic heterocycles. The average molecular weight is 525 g/mol. The SMILES string of the molecule is CCOc1ccc(NS(=O)(=O)c2ccc3c(c2)[C@H]2C=CC[C@H]2[C@@H](c2ccccc2Br)N3)cc1. The van der Waals surface area contributed by atoms with Gasteiger partial charge in [0.05, 0.1) is 17.5 Å². The van der Waals surface area contributed by atoms with E-state index in [0.717, 1.165) is 22.1 Å². The molecule has 0 radical (unpaired) electrons. The van der Waals surface area contributed by atoms with Crippen LogP contribution < -0.4 is 14.8 Å². The molecule has 0 unspecified atom stereocenters. The van der Waals surface area contributed by atoms with Crippen LogP contribution in [-0.4, -0.2) is 15.0 Å². The van der Waals surface area contributed by atoms with Gasteiger partial charge in [0.25, 0.3) is 10.0 Å². The topological polar surface area (TPSA) is 67.4 Å². The number of hydrogen-bond acceptors (Lipinski definition) is 4. The third-order valence-electron chi connectivity index (χ3n) is 6.30. The van der Waals surface area contributed by atoms with E-state index in [1.807, 2.05) is 25.1 Å². The highest BCUT2D eigenvalue weighted by molar-refractivity contribution is 9.10. The number of halogens is 1. The fourth-order valence-electron chi connectivity index (χ4n) is 4.77. The van der Waals surface area contributed by atoms with E-state index in [4.69, 9.17) is 4.74 Å². The van der Waals surface area contributed by atoms with Crippen molar-refractivity contribution >= 4 is 37.3 Å². The lowest BCUT2D eigenvalue weighted by molar-refractivity contribution is 0.340. The lowest BCUT2D eigenvalue weighted by atomic mass is 9.77. The molecule has 3 aromatic carbocycles. The van der Waals surface area contributed by atoms with Crippen LogP contribution >= 0.6 is 15.9 Å². The minimum atomic E-state index is -3.72. The van der Waals surface area contributed by atoms with Gasteiger partial charge in [-0.25, -0.2) is 8.42 Å². The summed E-state index contributed by atoms with van der Waals surface area (Å²) >= 11 is 3.70. The van der Waals surface area contributed by atoms with Gasteiger partial charge in [-0.3, -0.25) is 4.72 Å². The molecule has 33 heavy (non-hydrogen) atoms. The van der Waals surface area contributed by atoms with Crippen LogP contribution in [-0.2, 0) is 10.0 Å². The van der Waals surface area contributed by atoms with E-state index in [9.17, 15) is 8.42 Å².